The zero-order valence-electron chi connectivity index (χ0n) is 8.61. The zero-order valence-corrected chi connectivity index (χ0v) is 14.2. The van der Waals surface area contributed by atoms with Gasteiger partial charge in [-0.1, -0.05) is 30.8 Å². The van der Waals surface area contributed by atoms with E-state index in [0.29, 0.717) is 6.42 Å². The molecule has 4 atom stereocenters. The van der Waals surface area contributed by atoms with Crippen molar-refractivity contribution in [1.82, 2.24) is 0 Å². The van der Waals surface area contributed by atoms with Crippen molar-refractivity contribution in [3.8, 4) is 0 Å². The van der Waals surface area contributed by atoms with Gasteiger partial charge in [0.05, 0.1) is 0 Å². The van der Waals surface area contributed by atoms with Crippen LogP contribution in [-0.2, 0) is 11.1 Å². The minimum atomic E-state index is -2.06. The Morgan fingerprint density at radius 2 is 1.62 bits per heavy atom. The van der Waals surface area contributed by atoms with Gasteiger partial charge < -0.3 is 9.11 Å². The van der Waals surface area contributed by atoms with Crippen LogP contribution in [0.2, 0.25) is 0 Å². The maximum absolute atomic E-state index is 10.7. The van der Waals surface area contributed by atoms with E-state index in [1.165, 1.54) is 0 Å². The molecule has 0 aliphatic heterocycles. The fourth-order valence-electron chi connectivity index (χ4n) is 0.653. The third kappa shape index (κ3) is 10.6. The molecule has 13 heavy (non-hydrogen) atoms. The summed E-state index contributed by atoms with van der Waals surface area (Å²) in [6.45, 7) is 3.32. The molecule has 68 valence electrons. The molecule has 0 aliphatic carbocycles. The Balaban J connectivity index is -0.000000500. The summed E-state index contributed by atoms with van der Waals surface area (Å²) < 4.78 is 31.4. The van der Waals surface area contributed by atoms with Crippen molar-refractivity contribution in [3.05, 3.63) is 0 Å². The Morgan fingerprint density at radius 1 is 1.23 bits per heavy atom. The molecular weight excluding hydrogens is 230 g/mol. The van der Waals surface area contributed by atoms with Crippen molar-refractivity contribution < 1.29 is 72.4 Å². The fraction of sp³-hybridized carbons (Fsp3) is 0.833. The van der Waals surface area contributed by atoms with Gasteiger partial charge in [-0.05, 0) is 11.7 Å². The van der Waals surface area contributed by atoms with Gasteiger partial charge in [-0.3, -0.25) is 15.0 Å². The SMILES string of the molecule is C=S([O-])C(C)CC(C)S(=O)[O-].[Na+].[Na+]. The quantitative estimate of drug-likeness (QED) is 0.281. The molecule has 4 unspecified atom stereocenters. The number of hydrogen-bond donors (Lipinski definition) is 0. The van der Waals surface area contributed by atoms with Crippen molar-refractivity contribution in [2.45, 2.75) is 30.8 Å². The smallest absolute Gasteiger partial charge is 0.803 e. The summed E-state index contributed by atoms with van der Waals surface area (Å²) in [4.78, 5) is 0. The van der Waals surface area contributed by atoms with Gasteiger partial charge in [-0.2, -0.15) is 0 Å². The molecular formula is C6H12Na2O3S2. The van der Waals surface area contributed by atoms with Crippen LogP contribution in [0.4, 0.5) is 0 Å². The predicted molar refractivity (Wildman–Crippen MR) is 48.0 cm³/mol. The van der Waals surface area contributed by atoms with E-state index >= 15 is 0 Å². The van der Waals surface area contributed by atoms with Gasteiger partial charge in [0, 0.05) is 5.25 Å². The van der Waals surface area contributed by atoms with Crippen molar-refractivity contribution in [1.29, 1.82) is 0 Å². The van der Waals surface area contributed by atoms with Crippen LogP contribution < -0.4 is 59.1 Å². The molecule has 0 saturated heterocycles. The van der Waals surface area contributed by atoms with E-state index in [2.05, 4.69) is 5.87 Å². The molecule has 0 amide bonds. The van der Waals surface area contributed by atoms with Crippen LogP contribution in [0.5, 0.6) is 0 Å². The molecule has 0 aliphatic rings. The Kier molecular flexibility index (Phi) is 17.2. The average molecular weight is 242 g/mol. The number of hydrogen-bond acceptors (Lipinski definition) is 3. The monoisotopic (exact) mass is 242 g/mol. The summed E-state index contributed by atoms with van der Waals surface area (Å²) in [6, 6.07) is 0. The Bertz CT molecular complexity index is 159. The van der Waals surface area contributed by atoms with Crippen LogP contribution in [0.25, 0.3) is 0 Å². The van der Waals surface area contributed by atoms with Gasteiger partial charge in [0.25, 0.3) is 0 Å². The Labute approximate surface area is 129 Å². The van der Waals surface area contributed by atoms with Crippen LogP contribution in [-0.4, -0.2) is 29.7 Å². The van der Waals surface area contributed by atoms with E-state index in [1.54, 1.807) is 13.8 Å². The largest absolute Gasteiger partial charge is 1.00 e. The first-order valence-electron chi connectivity index (χ1n) is 3.23. The van der Waals surface area contributed by atoms with E-state index in [4.69, 9.17) is 0 Å². The van der Waals surface area contributed by atoms with Crippen LogP contribution in [0.15, 0.2) is 0 Å². The van der Waals surface area contributed by atoms with E-state index in [1.807, 2.05) is 0 Å². The molecule has 0 radical (unpaired) electrons. The predicted octanol–water partition coefficient (Wildman–Crippen LogP) is -5.13. The second kappa shape index (κ2) is 10.8. The molecule has 0 fully saturated rings. The van der Waals surface area contributed by atoms with Gasteiger partial charge in [0.1, 0.15) is 0 Å². The van der Waals surface area contributed by atoms with Gasteiger partial charge in [-0.25, -0.2) is 0 Å². The van der Waals surface area contributed by atoms with Crippen LogP contribution in [0, 0.1) is 0 Å². The summed E-state index contributed by atoms with van der Waals surface area (Å²) in [5.41, 5.74) is 0. The first kappa shape index (κ1) is 20.7. The molecule has 3 nitrogen and oxygen atoms in total. The second-order valence-electron chi connectivity index (χ2n) is 2.50. The van der Waals surface area contributed by atoms with Crippen molar-refractivity contribution in [3.63, 3.8) is 0 Å². The van der Waals surface area contributed by atoms with Crippen molar-refractivity contribution in [2.24, 2.45) is 0 Å². The molecule has 0 N–H and O–H groups in total. The normalized spacial score (nSPS) is 18.8. The van der Waals surface area contributed by atoms with Crippen LogP contribution >= 0.6 is 10.8 Å². The van der Waals surface area contributed by atoms with E-state index in [-0.39, 0.29) is 64.4 Å². The van der Waals surface area contributed by atoms with Crippen LogP contribution in [0.3, 0.4) is 0 Å². The maximum Gasteiger partial charge on any atom is 1.00 e. The number of rotatable bonds is 4. The summed E-state index contributed by atoms with van der Waals surface area (Å²) in [5, 5.41) is -0.585. The topological polar surface area (TPSA) is 63.2 Å². The molecule has 0 rings (SSSR count). The van der Waals surface area contributed by atoms with Gasteiger partial charge in [0.2, 0.25) is 0 Å². The van der Waals surface area contributed by atoms with Gasteiger partial charge in [-0.15, -0.1) is 0 Å². The second-order valence-corrected chi connectivity index (χ2v) is 5.39. The third-order valence-electron chi connectivity index (χ3n) is 1.44. The molecule has 0 saturated carbocycles. The minimum Gasteiger partial charge on any atom is -0.803 e. The minimum absolute atomic E-state index is 0. The van der Waals surface area contributed by atoms with E-state index in [9.17, 15) is 13.3 Å². The first-order valence-corrected chi connectivity index (χ1v) is 5.75. The molecule has 0 heterocycles. The molecule has 0 aromatic carbocycles. The zero-order chi connectivity index (χ0) is 9.02. The van der Waals surface area contributed by atoms with Gasteiger partial charge >= 0.3 is 59.1 Å². The summed E-state index contributed by atoms with van der Waals surface area (Å²) in [7, 11) is -1.17. The standard InChI is InChI=1S/C6H13O3S2.2Na/c1-5(10(3)7)4-6(2)11(8)9;;/h5-6H,3-4H2,1-2H3,(H-,7,8,9);;/q-1;2*+1/p-1. The molecule has 0 spiro atoms. The average Bonchev–Trinajstić information content (AvgIpc) is 1.87. The third-order valence-corrected chi connectivity index (χ3v) is 3.38. The molecule has 0 aromatic heterocycles. The summed E-state index contributed by atoms with van der Waals surface area (Å²) in [6.07, 6.45) is 0.409. The molecule has 7 heteroatoms. The Hall–Kier alpha value is 2.29. The summed E-state index contributed by atoms with van der Waals surface area (Å²) in [5.74, 6) is 3.32. The summed E-state index contributed by atoms with van der Waals surface area (Å²) >= 11 is -2.06. The Morgan fingerprint density at radius 3 is 1.85 bits per heavy atom. The van der Waals surface area contributed by atoms with Crippen molar-refractivity contribution in [2.75, 3.05) is 0 Å². The van der Waals surface area contributed by atoms with E-state index < -0.39 is 27.1 Å². The van der Waals surface area contributed by atoms with Crippen molar-refractivity contribution >= 4 is 27.7 Å². The molecule has 0 aromatic rings. The first-order chi connectivity index (χ1) is 4.95. The van der Waals surface area contributed by atoms with Crippen LogP contribution in [0.1, 0.15) is 20.3 Å². The maximum atomic E-state index is 10.7. The molecule has 0 bridgehead atoms. The van der Waals surface area contributed by atoms with E-state index in [0.717, 1.165) is 0 Å². The fourth-order valence-corrected chi connectivity index (χ4v) is 1.72. The van der Waals surface area contributed by atoms with Gasteiger partial charge in [0.15, 0.2) is 0 Å².